The molecular weight excluding hydrogens is 275 g/mol. The van der Waals surface area contributed by atoms with Gasteiger partial charge in [0.05, 0.1) is 23.4 Å². The zero-order valence-electron chi connectivity index (χ0n) is 9.26. The maximum absolute atomic E-state index is 13.1. The number of hydrogen-bond donors (Lipinski definition) is 0. The minimum absolute atomic E-state index is 0.0444. The van der Waals surface area contributed by atoms with Crippen molar-refractivity contribution in [1.82, 2.24) is 9.97 Å². The number of nitrogens with zero attached hydrogens (tertiary/aromatic N) is 2. The fourth-order valence-electron chi connectivity index (χ4n) is 1.87. The number of aryl methyl sites for hydroxylation is 1. The molecule has 4 nitrogen and oxygen atoms in total. The normalized spacial score (nSPS) is 17.4. The van der Waals surface area contributed by atoms with Gasteiger partial charge < -0.3 is 0 Å². The summed E-state index contributed by atoms with van der Waals surface area (Å²) in [6.45, 7) is 0. The van der Waals surface area contributed by atoms with Gasteiger partial charge >= 0.3 is 0 Å². The summed E-state index contributed by atoms with van der Waals surface area (Å²) in [6, 6.07) is 1.35. The Morgan fingerprint density at radius 2 is 2.17 bits per heavy atom. The lowest BCUT2D eigenvalue weighted by Gasteiger charge is -2.09. The average molecular weight is 284 g/mol. The molecule has 0 aliphatic carbocycles. The first-order chi connectivity index (χ1) is 8.53. The fourth-order valence-corrected chi connectivity index (χ4v) is 4.74. The zero-order chi connectivity index (χ0) is 12.8. The van der Waals surface area contributed by atoms with E-state index in [0.717, 1.165) is 16.8 Å². The summed E-state index contributed by atoms with van der Waals surface area (Å²) in [7, 11) is -2.99. The third-order valence-electron chi connectivity index (χ3n) is 2.73. The Bertz CT molecular complexity index is 710. The number of halogens is 1. The van der Waals surface area contributed by atoms with E-state index in [4.69, 9.17) is 0 Å². The van der Waals surface area contributed by atoms with Crippen molar-refractivity contribution in [1.29, 1.82) is 0 Å². The van der Waals surface area contributed by atoms with Crippen molar-refractivity contribution in [3.05, 3.63) is 34.8 Å². The lowest BCUT2D eigenvalue weighted by Crippen LogP contribution is -2.17. The van der Waals surface area contributed by atoms with Crippen molar-refractivity contribution in [2.75, 3.05) is 5.75 Å². The van der Waals surface area contributed by atoms with E-state index in [1.807, 2.05) is 0 Å². The van der Waals surface area contributed by atoms with Crippen LogP contribution in [0.4, 0.5) is 4.39 Å². The summed E-state index contributed by atoms with van der Waals surface area (Å²) >= 11 is 1.30. The number of hydrogen-bond acceptors (Lipinski definition) is 5. The van der Waals surface area contributed by atoms with E-state index in [1.165, 1.54) is 23.6 Å². The predicted molar refractivity (Wildman–Crippen MR) is 66.5 cm³/mol. The Labute approximate surface area is 107 Å². The second kappa shape index (κ2) is 4.10. The Balaban J connectivity index is 2.04. The Morgan fingerprint density at radius 1 is 1.33 bits per heavy atom. The molecule has 94 valence electrons. The molecule has 0 aromatic carbocycles. The van der Waals surface area contributed by atoms with Crippen LogP contribution in [-0.2, 0) is 22.0 Å². The molecule has 2 aromatic heterocycles. The Kier molecular flexibility index (Phi) is 2.67. The number of sulfone groups is 1. The minimum atomic E-state index is -2.99. The molecule has 0 atom stereocenters. The van der Waals surface area contributed by atoms with Gasteiger partial charge in [-0.1, -0.05) is 0 Å². The van der Waals surface area contributed by atoms with Crippen LogP contribution in [0.5, 0.6) is 0 Å². The predicted octanol–water partition coefficient (Wildman–Crippen LogP) is 1.82. The van der Waals surface area contributed by atoms with Gasteiger partial charge in [-0.3, -0.25) is 4.98 Å². The quantitative estimate of drug-likeness (QED) is 0.801. The van der Waals surface area contributed by atoms with Crippen molar-refractivity contribution in [2.45, 2.75) is 12.2 Å². The molecule has 3 rings (SSSR count). The fraction of sp³-hybridized carbons (Fsp3) is 0.273. The summed E-state index contributed by atoms with van der Waals surface area (Å²) in [5, 5.41) is 0.629. The third-order valence-corrected chi connectivity index (χ3v) is 5.62. The topological polar surface area (TPSA) is 59.9 Å². The molecule has 0 bridgehead atoms. The van der Waals surface area contributed by atoms with Crippen LogP contribution in [0, 0.1) is 5.82 Å². The molecule has 0 spiro atoms. The average Bonchev–Trinajstić information content (AvgIpc) is 2.70. The first-order valence-corrected chi connectivity index (χ1v) is 7.97. The first kappa shape index (κ1) is 11.7. The number of rotatable bonds is 1. The molecular formula is C11H9FN2O2S2. The van der Waals surface area contributed by atoms with Crippen molar-refractivity contribution in [3.63, 3.8) is 0 Å². The minimum Gasteiger partial charge on any atom is -0.261 e. The first-order valence-electron chi connectivity index (χ1n) is 5.33. The number of pyridine rings is 1. The Morgan fingerprint density at radius 3 is 2.94 bits per heavy atom. The number of aromatic nitrogens is 2. The standard InChI is InChI=1S/C11H9FN2O2S2/c12-8-3-7(4-13-5-8)11-14-9-1-2-18(15,16)6-10(9)17-11/h3-5H,1-2,6H2. The summed E-state index contributed by atoms with van der Waals surface area (Å²) in [4.78, 5) is 8.91. The Hall–Kier alpha value is -1.34. The second-order valence-electron chi connectivity index (χ2n) is 4.12. The van der Waals surface area contributed by atoms with Crippen LogP contribution in [0.3, 0.4) is 0 Å². The smallest absolute Gasteiger partial charge is 0.155 e. The van der Waals surface area contributed by atoms with Crippen LogP contribution in [0.15, 0.2) is 18.5 Å². The van der Waals surface area contributed by atoms with E-state index in [9.17, 15) is 12.8 Å². The summed E-state index contributed by atoms with van der Waals surface area (Å²) < 4.78 is 36.1. The lowest BCUT2D eigenvalue weighted by molar-refractivity contribution is 0.591. The highest BCUT2D eigenvalue weighted by atomic mass is 32.2. The maximum Gasteiger partial charge on any atom is 0.155 e. The maximum atomic E-state index is 13.1. The van der Waals surface area contributed by atoms with Crippen LogP contribution in [-0.4, -0.2) is 24.1 Å². The molecule has 1 aliphatic heterocycles. The van der Waals surface area contributed by atoms with E-state index in [-0.39, 0.29) is 11.5 Å². The van der Waals surface area contributed by atoms with E-state index in [2.05, 4.69) is 9.97 Å². The summed E-state index contributed by atoms with van der Waals surface area (Å²) in [5.74, 6) is -0.235. The second-order valence-corrected chi connectivity index (χ2v) is 7.39. The van der Waals surface area contributed by atoms with Gasteiger partial charge in [0.2, 0.25) is 0 Å². The molecule has 0 unspecified atom stereocenters. The van der Waals surface area contributed by atoms with Crippen LogP contribution in [0.2, 0.25) is 0 Å². The van der Waals surface area contributed by atoms with Gasteiger partial charge in [0.1, 0.15) is 10.8 Å². The molecule has 0 N–H and O–H groups in total. The summed E-state index contributed by atoms with van der Waals surface area (Å²) in [6.07, 6.45) is 3.10. The highest BCUT2D eigenvalue weighted by Crippen LogP contribution is 2.32. The monoisotopic (exact) mass is 284 g/mol. The zero-order valence-corrected chi connectivity index (χ0v) is 10.9. The van der Waals surface area contributed by atoms with Crippen LogP contribution in [0.25, 0.3) is 10.6 Å². The third kappa shape index (κ3) is 2.15. The van der Waals surface area contributed by atoms with Crippen molar-refractivity contribution < 1.29 is 12.8 Å². The number of fused-ring (bicyclic) bond motifs is 1. The molecule has 0 saturated heterocycles. The van der Waals surface area contributed by atoms with Gasteiger partial charge in [-0.05, 0) is 6.07 Å². The van der Waals surface area contributed by atoms with Crippen molar-refractivity contribution in [3.8, 4) is 10.6 Å². The van der Waals surface area contributed by atoms with Gasteiger partial charge in [-0.15, -0.1) is 11.3 Å². The van der Waals surface area contributed by atoms with Crippen molar-refractivity contribution >= 4 is 21.2 Å². The molecule has 1 aliphatic rings. The molecule has 18 heavy (non-hydrogen) atoms. The summed E-state index contributed by atoms with van der Waals surface area (Å²) in [5.41, 5.74) is 1.40. The van der Waals surface area contributed by atoms with Gasteiger partial charge in [-0.25, -0.2) is 17.8 Å². The van der Waals surface area contributed by atoms with E-state index in [0.29, 0.717) is 17.0 Å². The van der Waals surface area contributed by atoms with E-state index in [1.54, 1.807) is 0 Å². The van der Waals surface area contributed by atoms with Gasteiger partial charge in [0.25, 0.3) is 0 Å². The largest absolute Gasteiger partial charge is 0.261 e. The van der Waals surface area contributed by atoms with Crippen LogP contribution >= 0.6 is 11.3 Å². The van der Waals surface area contributed by atoms with E-state index < -0.39 is 15.7 Å². The SMILES string of the molecule is O=S1(=O)CCc2nc(-c3cncc(F)c3)sc2C1. The van der Waals surface area contributed by atoms with E-state index >= 15 is 0 Å². The molecule has 3 heterocycles. The molecule has 0 amide bonds. The van der Waals surface area contributed by atoms with Crippen LogP contribution < -0.4 is 0 Å². The van der Waals surface area contributed by atoms with Gasteiger partial charge in [0, 0.05) is 23.1 Å². The van der Waals surface area contributed by atoms with Crippen LogP contribution in [0.1, 0.15) is 10.6 Å². The lowest BCUT2D eigenvalue weighted by atomic mass is 10.3. The highest BCUT2D eigenvalue weighted by Gasteiger charge is 2.25. The van der Waals surface area contributed by atoms with Gasteiger partial charge in [0.15, 0.2) is 9.84 Å². The number of thiazole rings is 1. The van der Waals surface area contributed by atoms with Crippen molar-refractivity contribution in [2.24, 2.45) is 0 Å². The highest BCUT2D eigenvalue weighted by molar-refractivity contribution is 7.90. The molecule has 2 aromatic rings. The molecule has 0 radical (unpaired) electrons. The molecule has 7 heteroatoms. The molecule has 0 saturated carbocycles. The molecule has 0 fully saturated rings. The van der Waals surface area contributed by atoms with Gasteiger partial charge in [-0.2, -0.15) is 0 Å².